The molecule has 0 radical (unpaired) electrons. The van der Waals surface area contributed by atoms with Crippen LogP contribution in [0.5, 0.6) is 5.75 Å². The summed E-state index contributed by atoms with van der Waals surface area (Å²) in [5.74, 6) is -1.06. The number of benzene rings is 3. The lowest BCUT2D eigenvalue weighted by Crippen LogP contribution is -2.51. The number of carbonyl (C=O) groups excluding carboxylic acids is 3. The number of rotatable bonds is 3. The maximum absolute atomic E-state index is 12.8. The summed E-state index contributed by atoms with van der Waals surface area (Å²) in [6.07, 6.45) is 0. The topological polar surface area (TPSA) is 75.7 Å². The third kappa shape index (κ3) is 2.39. The Morgan fingerprint density at radius 1 is 0.885 bits per heavy atom. The Labute approximate surface area is 149 Å². The molecule has 0 bridgehead atoms. The van der Waals surface area contributed by atoms with Gasteiger partial charge in [0.25, 0.3) is 17.7 Å². The number of nitrogens with one attached hydrogen (secondary N) is 1. The maximum atomic E-state index is 12.8. The van der Waals surface area contributed by atoms with E-state index >= 15 is 0 Å². The number of methoxy groups -OCH3 is 1. The summed E-state index contributed by atoms with van der Waals surface area (Å²) in [5.41, 5.74) is 3.48. The van der Waals surface area contributed by atoms with Gasteiger partial charge < -0.3 is 4.74 Å². The van der Waals surface area contributed by atoms with Crippen LogP contribution in [-0.4, -0.2) is 29.8 Å². The minimum atomic E-state index is -0.555. The molecule has 0 atom stereocenters. The molecule has 0 saturated carbocycles. The fourth-order valence-electron chi connectivity index (χ4n) is 3.04. The number of hydrazine groups is 1. The first-order chi connectivity index (χ1) is 12.6. The van der Waals surface area contributed by atoms with Gasteiger partial charge in [-0.25, -0.2) is 0 Å². The van der Waals surface area contributed by atoms with E-state index in [1.807, 2.05) is 12.1 Å². The van der Waals surface area contributed by atoms with Crippen molar-refractivity contribution in [2.24, 2.45) is 0 Å². The number of ether oxygens (including phenoxy) is 1. The van der Waals surface area contributed by atoms with E-state index in [1.54, 1.807) is 48.5 Å². The minimum Gasteiger partial charge on any atom is -0.497 e. The SMILES string of the molecule is COc1ccc(C(=O)NN2C(=O)c3cccc4cccc(c34)C2=O)cc1. The van der Waals surface area contributed by atoms with Crippen molar-refractivity contribution in [3.63, 3.8) is 0 Å². The molecule has 3 aromatic carbocycles. The monoisotopic (exact) mass is 346 g/mol. The van der Waals surface area contributed by atoms with Crippen LogP contribution in [0, 0.1) is 0 Å². The average Bonchev–Trinajstić information content (AvgIpc) is 2.69. The van der Waals surface area contributed by atoms with E-state index in [1.165, 1.54) is 7.11 Å². The summed E-state index contributed by atoms with van der Waals surface area (Å²) in [7, 11) is 1.53. The highest BCUT2D eigenvalue weighted by molar-refractivity contribution is 6.25. The van der Waals surface area contributed by atoms with E-state index in [2.05, 4.69) is 5.43 Å². The van der Waals surface area contributed by atoms with Crippen LogP contribution in [-0.2, 0) is 0 Å². The van der Waals surface area contributed by atoms with E-state index < -0.39 is 17.7 Å². The van der Waals surface area contributed by atoms with Crippen LogP contribution in [0.15, 0.2) is 60.7 Å². The van der Waals surface area contributed by atoms with Crippen molar-refractivity contribution in [1.82, 2.24) is 10.4 Å². The number of carbonyl (C=O) groups is 3. The first kappa shape index (κ1) is 15.8. The van der Waals surface area contributed by atoms with Crippen molar-refractivity contribution in [2.45, 2.75) is 0 Å². The molecule has 0 aliphatic carbocycles. The Morgan fingerprint density at radius 3 is 2.00 bits per heavy atom. The van der Waals surface area contributed by atoms with Gasteiger partial charge in [0.1, 0.15) is 5.75 Å². The van der Waals surface area contributed by atoms with Crippen molar-refractivity contribution >= 4 is 28.5 Å². The molecule has 128 valence electrons. The Kier molecular flexibility index (Phi) is 3.65. The van der Waals surface area contributed by atoms with Gasteiger partial charge in [0.05, 0.1) is 18.2 Å². The average molecular weight is 346 g/mol. The quantitative estimate of drug-likeness (QED) is 0.740. The highest BCUT2D eigenvalue weighted by Gasteiger charge is 2.34. The van der Waals surface area contributed by atoms with E-state index in [4.69, 9.17) is 4.74 Å². The van der Waals surface area contributed by atoms with E-state index in [0.29, 0.717) is 27.8 Å². The molecule has 6 heteroatoms. The molecule has 0 fully saturated rings. The van der Waals surface area contributed by atoms with Gasteiger partial charge in [-0.3, -0.25) is 19.8 Å². The number of hydrogen-bond acceptors (Lipinski definition) is 4. The zero-order valence-corrected chi connectivity index (χ0v) is 13.9. The van der Waals surface area contributed by atoms with Gasteiger partial charge >= 0.3 is 0 Å². The fraction of sp³-hybridized carbons (Fsp3) is 0.0500. The van der Waals surface area contributed by atoms with Gasteiger partial charge in [-0.1, -0.05) is 24.3 Å². The first-order valence-electron chi connectivity index (χ1n) is 7.95. The molecule has 1 aliphatic heterocycles. The maximum Gasteiger partial charge on any atom is 0.280 e. The molecule has 6 nitrogen and oxygen atoms in total. The predicted octanol–water partition coefficient (Wildman–Crippen LogP) is 2.79. The zero-order chi connectivity index (χ0) is 18.3. The van der Waals surface area contributed by atoms with Crippen LogP contribution in [0.25, 0.3) is 10.8 Å². The Bertz CT molecular complexity index is 1010. The standard InChI is InChI=1S/C20H14N2O4/c1-26-14-10-8-13(9-11-14)18(23)21-22-19(24)15-6-2-4-12-5-3-7-16(17(12)15)20(22)25/h2-11H,1H3,(H,21,23). The van der Waals surface area contributed by atoms with Gasteiger partial charge in [0.15, 0.2) is 0 Å². The van der Waals surface area contributed by atoms with Gasteiger partial charge in [0, 0.05) is 10.9 Å². The van der Waals surface area contributed by atoms with E-state index in [-0.39, 0.29) is 0 Å². The third-order valence-electron chi connectivity index (χ3n) is 4.34. The van der Waals surface area contributed by atoms with Crippen LogP contribution < -0.4 is 10.2 Å². The number of imide groups is 1. The molecule has 0 unspecified atom stereocenters. The van der Waals surface area contributed by atoms with Gasteiger partial charge in [-0.2, -0.15) is 5.01 Å². The van der Waals surface area contributed by atoms with E-state index in [9.17, 15) is 14.4 Å². The molecule has 0 aromatic heterocycles. The van der Waals surface area contributed by atoms with Gasteiger partial charge in [-0.15, -0.1) is 0 Å². The van der Waals surface area contributed by atoms with Crippen molar-refractivity contribution in [1.29, 1.82) is 0 Å². The van der Waals surface area contributed by atoms with Crippen LogP contribution in [0.4, 0.5) is 0 Å². The lowest BCUT2D eigenvalue weighted by molar-refractivity contribution is 0.0479. The molecule has 0 saturated heterocycles. The Morgan fingerprint density at radius 2 is 1.46 bits per heavy atom. The zero-order valence-electron chi connectivity index (χ0n) is 13.9. The second kappa shape index (κ2) is 6.00. The summed E-state index contributed by atoms with van der Waals surface area (Å²) in [4.78, 5) is 38.0. The Hall–Kier alpha value is -3.67. The molecule has 0 spiro atoms. The molecule has 1 N–H and O–H groups in total. The highest BCUT2D eigenvalue weighted by atomic mass is 16.5. The lowest BCUT2D eigenvalue weighted by Gasteiger charge is -2.27. The summed E-state index contributed by atoms with van der Waals surface area (Å²) >= 11 is 0. The first-order valence-corrected chi connectivity index (χ1v) is 7.95. The van der Waals surface area contributed by atoms with Crippen LogP contribution in [0.1, 0.15) is 31.1 Å². The largest absolute Gasteiger partial charge is 0.497 e. The molecule has 3 amide bonds. The molecule has 3 aromatic rings. The van der Waals surface area contributed by atoms with Crippen LogP contribution in [0.3, 0.4) is 0 Å². The third-order valence-corrected chi connectivity index (χ3v) is 4.34. The normalized spacial score (nSPS) is 13.0. The molecule has 4 rings (SSSR count). The van der Waals surface area contributed by atoms with Gasteiger partial charge in [-0.05, 0) is 41.8 Å². The van der Waals surface area contributed by atoms with Crippen LogP contribution in [0.2, 0.25) is 0 Å². The molecular formula is C20H14N2O4. The highest BCUT2D eigenvalue weighted by Crippen LogP contribution is 2.29. The Balaban J connectivity index is 1.69. The second-order valence-electron chi connectivity index (χ2n) is 5.82. The van der Waals surface area contributed by atoms with E-state index in [0.717, 1.165) is 10.4 Å². The number of nitrogens with zero attached hydrogens (tertiary/aromatic N) is 1. The summed E-state index contributed by atoms with van der Waals surface area (Å²) in [5, 5.41) is 2.19. The molecule has 1 aliphatic rings. The fourth-order valence-corrected chi connectivity index (χ4v) is 3.04. The van der Waals surface area contributed by atoms with Crippen LogP contribution >= 0.6 is 0 Å². The predicted molar refractivity (Wildman–Crippen MR) is 94.9 cm³/mol. The second-order valence-corrected chi connectivity index (χ2v) is 5.82. The van der Waals surface area contributed by atoms with Crippen molar-refractivity contribution in [3.8, 4) is 5.75 Å². The molecule has 1 heterocycles. The number of amides is 3. The summed E-state index contributed by atoms with van der Waals surface area (Å²) < 4.78 is 5.05. The van der Waals surface area contributed by atoms with Crippen molar-refractivity contribution in [2.75, 3.05) is 7.11 Å². The van der Waals surface area contributed by atoms with Gasteiger partial charge in [0.2, 0.25) is 0 Å². The van der Waals surface area contributed by atoms with Crippen molar-refractivity contribution in [3.05, 3.63) is 77.4 Å². The minimum absolute atomic E-state index is 0.309. The molecular weight excluding hydrogens is 332 g/mol. The lowest BCUT2D eigenvalue weighted by atomic mass is 9.95. The smallest absolute Gasteiger partial charge is 0.280 e. The summed E-state index contributed by atoms with van der Waals surface area (Å²) in [6, 6.07) is 16.8. The number of hydrogen-bond donors (Lipinski definition) is 1. The van der Waals surface area contributed by atoms with Crippen molar-refractivity contribution < 1.29 is 19.1 Å². The summed E-state index contributed by atoms with van der Waals surface area (Å²) in [6.45, 7) is 0. The molecule has 26 heavy (non-hydrogen) atoms.